The van der Waals surface area contributed by atoms with Crippen LogP contribution in [0.2, 0.25) is 0 Å². The summed E-state index contributed by atoms with van der Waals surface area (Å²) < 4.78 is 5.21. The van der Waals surface area contributed by atoms with Gasteiger partial charge in [-0.25, -0.2) is 0 Å². The molecule has 0 radical (unpaired) electrons. The van der Waals surface area contributed by atoms with E-state index in [4.69, 9.17) is 4.74 Å². The fraction of sp³-hybridized carbons (Fsp3) is 0.875. The van der Waals surface area contributed by atoms with Crippen molar-refractivity contribution in [3.8, 4) is 0 Å². The highest BCUT2D eigenvalue weighted by Gasteiger charge is 2.75. The maximum Gasteiger partial charge on any atom is 0.226 e. The Hall–Kier alpha value is -0.570. The summed E-state index contributed by atoms with van der Waals surface area (Å²) in [6.07, 6.45) is 2.55. The number of hydrogen-bond donors (Lipinski definition) is 1. The Kier molecular flexibility index (Phi) is 1.27. The van der Waals surface area contributed by atoms with Crippen molar-refractivity contribution >= 4 is 5.91 Å². The molecule has 2 fully saturated rings. The summed E-state index contributed by atoms with van der Waals surface area (Å²) in [6, 6.07) is 0. The predicted molar refractivity (Wildman–Crippen MR) is 40.0 cm³/mol. The first-order valence-corrected chi connectivity index (χ1v) is 4.00. The molecule has 2 atom stereocenters. The third-order valence-corrected chi connectivity index (χ3v) is 2.99. The number of ether oxygens (including phenoxy) is 1. The van der Waals surface area contributed by atoms with E-state index in [-0.39, 0.29) is 23.3 Å². The van der Waals surface area contributed by atoms with E-state index in [9.17, 15) is 4.79 Å². The van der Waals surface area contributed by atoms with Crippen LogP contribution in [0.15, 0.2) is 0 Å². The molecule has 1 N–H and O–H groups in total. The predicted octanol–water partition coefficient (Wildman–Crippen LogP) is 0.157. The van der Waals surface area contributed by atoms with Gasteiger partial charge in [0.25, 0.3) is 0 Å². The molecule has 11 heavy (non-hydrogen) atoms. The maximum absolute atomic E-state index is 11.2. The summed E-state index contributed by atoms with van der Waals surface area (Å²) in [7, 11) is 3.37. The normalized spacial score (nSPS) is 36.9. The second kappa shape index (κ2) is 1.97. The summed E-state index contributed by atoms with van der Waals surface area (Å²) >= 11 is 0. The molecule has 0 bridgehead atoms. The van der Waals surface area contributed by atoms with Crippen molar-refractivity contribution in [2.45, 2.75) is 18.9 Å². The molecule has 0 aromatic rings. The Morgan fingerprint density at radius 1 is 1.64 bits per heavy atom. The van der Waals surface area contributed by atoms with Crippen molar-refractivity contribution in [3.63, 3.8) is 0 Å². The molecule has 2 aliphatic rings. The van der Waals surface area contributed by atoms with E-state index in [1.165, 1.54) is 12.8 Å². The van der Waals surface area contributed by atoms with Gasteiger partial charge in [0.15, 0.2) is 0 Å². The van der Waals surface area contributed by atoms with Gasteiger partial charge < -0.3 is 10.1 Å². The lowest BCUT2D eigenvalue weighted by molar-refractivity contribution is -0.122. The van der Waals surface area contributed by atoms with Gasteiger partial charge in [-0.05, 0) is 12.8 Å². The fourth-order valence-corrected chi connectivity index (χ4v) is 2.12. The van der Waals surface area contributed by atoms with E-state index in [1.54, 1.807) is 14.2 Å². The van der Waals surface area contributed by atoms with E-state index < -0.39 is 0 Å². The Morgan fingerprint density at radius 2 is 2.27 bits per heavy atom. The lowest BCUT2D eigenvalue weighted by Gasteiger charge is -1.94. The van der Waals surface area contributed by atoms with E-state index in [0.717, 1.165) is 0 Å². The van der Waals surface area contributed by atoms with Crippen LogP contribution in [0.1, 0.15) is 12.8 Å². The molecule has 0 saturated heterocycles. The minimum absolute atomic E-state index is 0.148. The zero-order valence-corrected chi connectivity index (χ0v) is 6.89. The van der Waals surface area contributed by atoms with Crippen molar-refractivity contribution in [2.75, 3.05) is 14.2 Å². The van der Waals surface area contributed by atoms with Crippen molar-refractivity contribution in [2.24, 2.45) is 11.3 Å². The smallest absolute Gasteiger partial charge is 0.226 e. The third-order valence-electron chi connectivity index (χ3n) is 2.99. The number of methoxy groups -OCH3 is 1. The Bertz CT molecular complexity index is 198. The number of rotatable bonds is 2. The van der Waals surface area contributed by atoms with Crippen LogP contribution in [0.4, 0.5) is 0 Å². The van der Waals surface area contributed by atoms with Crippen molar-refractivity contribution in [3.05, 3.63) is 0 Å². The number of nitrogens with one attached hydrogen (secondary N) is 1. The highest BCUT2D eigenvalue weighted by molar-refractivity contribution is 5.84. The van der Waals surface area contributed by atoms with Gasteiger partial charge in [-0.15, -0.1) is 0 Å². The van der Waals surface area contributed by atoms with Crippen LogP contribution in [0, 0.1) is 11.3 Å². The minimum Gasteiger partial charge on any atom is -0.380 e. The van der Waals surface area contributed by atoms with Crippen molar-refractivity contribution in [1.29, 1.82) is 0 Å². The third kappa shape index (κ3) is 0.745. The lowest BCUT2D eigenvalue weighted by Crippen LogP contribution is -2.22. The molecule has 3 nitrogen and oxygen atoms in total. The number of amides is 1. The minimum atomic E-state index is 0.148. The monoisotopic (exact) mass is 155 g/mol. The first-order chi connectivity index (χ1) is 5.26. The van der Waals surface area contributed by atoms with Crippen LogP contribution in [-0.4, -0.2) is 26.2 Å². The summed E-state index contributed by atoms with van der Waals surface area (Å²) in [5.41, 5.74) is 0.273. The van der Waals surface area contributed by atoms with Crippen molar-refractivity contribution < 1.29 is 9.53 Å². The van der Waals surface area contributed by atoms with Gasteiger partial charge in [0, 0.05) is 19.6 Å². The largest absolute Gasteiger partial charge is 0.380 e. The molecular formula is C8H13NO2. The van der Waals surface area contributed by atoms with Gasteiger partial charge in [-0.3, -0.25) is 4.79 Å². The Balaban J connectivity index is 2.03. The second-order valence-corrected chi connectivity index (χ2v) is 3.48. The topological polar surface area (TPSA) is 38.3 Å². The zero-order chi connectivity index (χ0) is 8.06. The van der Waals surface area contributed by atoms with Gasteiger partial charge in [0.1, 0.15) is 0 Å². The Morgan fingerprint density at radius 3 is 2.55 bits per heavy atom. The van der Waals surface area contributed by atoms with Crippen LogP contribution in [0.25, 0.3) is 0 Å². The molecular weight excluding hydrogens is 142 g/mol. The van der Waals surface area contributed by atoms with Crippen LogP contribution in [-0.2, 0) is 9.53 Å². The summed E-state index contributed by atoms with van der Waals surface area (Å²) in [5, 5.41) is 2.67. The van der Waals surface area contributed by atoms with Crippen LogP contribution < -0.4 is 5.32 Å². The van der Waals surface area contributed by atoms with Crippen LogP contribution >= 0.6 is 0 Å². The molecule has 1 spiro atoms. The maximum atomic E-state index is 11.2. The fourth-order valence-electron chi connectivity index (χ4n) is 2.12. The first-order valence-electron chi connectivity index (χ1n) is 4.00. The molecule has 0 aromatic heterocycles. The molecule has 2 unspecified atom stereocenters. The molecule has 0 aromatic carbocycles. The first kappa shape index (κ1) is 7.10. The van der Waals surface area contributed by atoms with E-state index in [0.29, 0.717) is 0 Å². The van der Waals surface area contributed by atoms with Gasteiger partial charge in [-0.2, -0.15) is 0 Å². The SMILES string of the molecule is CNC(=O)C1C(OC)C12CC2. The Labute approximate surface area is 66.1 Å². The molecule has 2 saturated carbocycles. The van der Waals surface area contributed by atoms with Crippen LogP contribution in [0.5, 0.6) is 0 Å². The standard InChI is InChI=1S/C8H13NO2/c1-9-7(10)5-6(11-2)8(5)3-4-8/h5-6H,3-4H2,1-2H3,(H,9,10). The molecule has 0 heterocycles. The molecule has 0 aliphatic heterocycles. The number of hydrogen-bond acceptors (Lipinski definition) is 2. The van der Waals surface area contributed by atoms with Gasteiger partial charge in [-0.1, -0.05) is 0 Å². The molecule has 62 valence electrons. The summed E-state index contributed by atoms with van der Waals surface area (Å²) in [4.78, 5) is 11.2. The molecule has 2 aliphatic carbocycles. The van der Waals surface area contributed by atoms with E-state index in [1.807, 2.05) is 0 Å². The lowest BCUT2D eigenvalue weighted by atomic mass is 10.3. The number of carbonyl (C=O) groups is 1. The zero-order valence-electron chi connectivity index (χ0n) is 6.89. The average molecular weight is 155 g/mol. The molecule has 2 rings (SSSR count). The summed E-state index contributed by atoms with van der Waals surface area (Å²) in [6.45, 7) is 0. The highest BCUT2D eigenvalue weighted by Crippen LogP contribution is 2.71. The summed E-state index contributed by atoms with van der Waals surface area (Å²) in [5.74, 6) is 0.298. The molecule has 3 heteroatoms. The van der Waals surface area contributed by atoms with E-state index >= 15 is 0 Å². The highest BCUT2D eigenvalue weighted by atomic mass is 16.5. The number of carbonyl (C=O) groups excluding carboxylic acids is 1. The van der Waals surface area contributed by atoms with Gasteiger partial charge in [0.2, 0.25) is 5.91 Å². The van der Waals surface area contributed by atoms with Crippen LogP contribution in [0.3, 0.4) is 0 Å². The van der Waals surface area contributed by atoms with Crippen molar-refractivity contribution in [1.82, 2.24) is 5.32 Å². The average Bonchev–Trinajstić information content (AvgIpc) is 2.90. The van der Waals surface area contributed by atoms with Gasteiger partial charge >= 0.3 is 0 Å². The van der Waals surface area contributed by atoms with Gasteiger partial charge in [0.05, 0.1) is 12.0 Å². The molecule has 1 amide bonds. The quantitative estimate of drug-likeness (QED) is 0.616. The second-order valence-electron chi connectivity index (χ2n) is 3.48. The van der Waals surface area contributed by atoms with E-state index in [2.05, 4.69) is 5.32 Å².